The Balaban J connectivity index is 1.44. The summed E-state index contributed by atoms with van der Waals surface area (Å²) in [4.78, 5) is 16.1. The van der Waals surface area contributed by atoms with Crippen LogP contribution in [-0.4, -0.2) is 23.5 Å². The molecule has 0 saturated heterocycles. The lowest BCUT2D eigenvalue weighted by Crippen LogP contribution is -2.34. The highest BCUT2D eigenvalue weighted by Gasteiger charge is 2.26. The van der Waals surface area contributed by atoms with Crippen molar-refractivity contribution >= 4 is 28.8 Å². The van der Waals surface area contributed by atoms with Crippen LogP contribution in [0.3, 0.4) is 0 Å². The van der Waals surface area contributed by atoms with E-state index >= 15 is 0 Å². The number of fused-ring (bicyclic) bond motifs is 1. The van der Waals surface area contributed by atoms with Crippen LogP contribution in [-0.2, 0) is 6.42 Å². The van der Waals surface area contributed by atoms with Crippen LogP contribution in [0.1, 0.15) is 15.9 Å². The molecule has 4 rings (SSSR count). The second kappa shape index (κ2) is 6.86. The minimum atomic E-state index is -0.155. The van der Waals surface area contributed by atoms with Crippen molar-refractivity contribution in [3.63, 3.8) is 0 Å². The van der Waals surface area contributed by atoms with E-state index in [9.17, 15) is 4.79 Å². The van der Waals surface area contributed by atoms with Crippen molar-refractivity contribution in [3.05, 3.63) is 69.6 Å². The number of rotatable bonds is 4. The van der Waals surface area contributed by atoms with E-state index in [0.717, 1.165) is 28.9 Å². The molecule has 0 fully saturated rings. The van der Waals surface area contributed by atoms with Crippen LogP contribution >= 0.6 is 22.9 Å². The van der Waals surface area contributed by atoms with E-state index < -0.39 is 0 Å². The molecule has 0 radical (unpaired) electrons. The van der Waals surface area contributed by atoms with Crippen LogP contribution < -0.4 is 10.1 Å². The number of carbonyl (C=O) groups excluding carboxylic acids is 1. The minimum Gasteiger partial charge on any atom is -0.486 e. The van der Waals surface area contributed by atoms with Crippen LogP contribution in [0.15, 0.2) is 53.5 Å². The van der Waals surface area contributed by atoms with Gasteiger partial charge in [0.25, 0.3) is 5.91 Å². The van der Waals surface area contributed by atoms with E-state index in [4.69, 9.17) is 16.3 Å². The summed E-state index contributed by atoms with van der Waals surface area (Å²) in [7, 11) is 0. The summed E-state index contributed by atoms with van der Waals surface area (Å²) >= 11 is 8.05. The van der Waals surface area contributed by atoms with Gasteiger partial charge < -0.3 is 10.1 Å². The van der Waals surface area contributed by atoms with Crippen LogP contribution in [0.5, 0.6) is 5.75 Å². The number of nitrogens with one attached hydrogen (secondary N) is 1. The van der Waals surface area contributed by atoms with Crippen molar-refractivity contribution < 1.29 is 9.53 Å². The predicted octanol–water partition coefficient (Wildman–Crippen LogP) is 4.20. The van der Waals surface area contributed by atoms with Crippen LogP contribution in [0.25, 0.3) is 11.1 Å². The maximum absolute atomic E-state index is 12.1. The first-order valence-electron chi connectivity index (χ1n) is 7.90. The number of amides is 1. The van der Waals surface area contributed by atoms with Gasteiger partial charge in [-0.2, -0.15) is 11.3 Å². The molecule has 0 spiro atoms. The third kappa shape index (κ3) is 3.38. The Kier molecular flexibility index (Phi) is 4.42. The third-order valence-electron chi connectivity index (χ3n) is 4.12. The molecule has 0 bridgehead atoms. The normalized spacial score (nSPS) is 15.5. The minimum absolute atomic E-state index is 0.120. The van der Waals surface area contributed by atoms with E-state index in [-0.39, 0.29) is 12.0 Å². The molecule has 0 saturated carbocycles. The molecule has 25 heavy (non-hydrogen) atoms. The fourth-order valence-electron chi connectivity index (χ4n) is 2.90. The molecule has 2 aromatic heterocycles. The zero-order valence-corrected chi connectivity index (χ0v) is 14.8. The standard InChI is InChI=1S/C19H15ClN2O2S/c20-17-8-14(13-3-5-25-11-13)6-15-7-16(24-18(15)17)10-22-19(23)12-2-1-4-21-9-12/h1-6,8-9,11,16H,7,10H2,(H,22,23). The molecule has 6 heteroatoms. The molecule has 0 aliphatic carbocycles. The average molecular weight is 371 g/mol. The van der Waals surface area contributed by atoms with Gasteiger partial charge in [0.05, 0.1) is 17.1 Å². The molecule has 126 valence electrons. The second-order valence-corrected chi connectivity index (χ2v) is 7.04. The molecule has 1 unspecified atom stereocenters. The summed E-state index contributed by atoms with van der Waals surface area (Å²) in [6.45, 7) is 0.423. The largest absolute Gasteiger partial charge is 0.486 e. The van der Waals surface area contributed by atoms with E-state index in [0.29, 0.717) is 17.1 Å². The van der Waals surface area contributed by atoms with Gasteiger partial charge >= 0.3 is 0 Å². The summed E-state index contributed by atoms with van der Waals surface area (Å²) in [5.74, 6) is 0.569. The number of carbonyl (C=O) groups is 1. The van der Waals surface area contributed by atoms with Crippen molar-refractivity contribution in [2.45, 2.75) is 12.5 Å². The van der Waals surface area contributed by atoms with E-state index in [2.05, 4.69) is 27.8 Å². The Morgan fingerprint density at radius 3 is 3.04 bits per heavy atom. The maximum atomic E-state index is 12.1. The van der Waals surface area contributed by atoms with Crippen LogP contribution in [0, 0.1) is 0 Å². The Morgan fingerprint density at radius 1 is 1.36 bits per heavy atom. The number of hydrogen-bond donors (Lipinski definition) is 1. The number of aromatic nitrogens is 1. The Labute approximate surface area is 154 Å². The SMILES string of the molecule is O=C(NCC1Cc2cc(-c3ccsc3)cc(Cl)c2O1)c1cccnc1. The van der Waals surface area contributed by atoms with Crippen LogP contribution in [0.4, 0.5) is 0 Å². The number of pyridine rings is 1. The molecule has 3 aromatic rings. The number of ether oxygens (including phenoxy) is 1. The number of nitrogens with zero attached hydrogens (tertiary/aromatic N) is 1. The fraction of sp³-hybridized carbons (Fsp3) is 0.158. The van der Waals surface area contributed by atoms with Gasteiger partial charge in [0.15, 0.2) is 0 Å². The number of hydrogen-bond acceptors (Lipinski definition) is 4. The molecule has 1 aromatic carbocycles. The fourth-order valence-corrected chi connectivity index (χ4v) is 3.85. The van der Waals surface area contributed by atoms with E-state index in [1.54, 1.807) is 35.9 Å². The highest BCUT2D eigenvalue weighted by atomic mass is 35.5. The second-order valence-electron chi connectivity index (χ2n) is 5.85. The number of benzene rings is 1. The van der Waals surface area contributed by atoms with E-state index in [1.165, 1.54) is 0 Å². The summed E-state index contributed by atoms with van der Waals surface area (Å²) in [6.07, 6.45) is 3.79. The van der Waals surface area contributed by atoms with Gasteiger partial charge in [-0.05, 0) is 52.2 Å². The lowest BCUT2D eigenvalue weighted by molar-refractivity contribution is 0.0933. The Bertz CT molecular complexity index is 897. The average Bonchev–Trinajstić information content (AvgIpc) is 3.30. The van der Waals surface area contributed by atoms with Gasteiger partial charge in [-0.3, -0.25) is 9.78 Å². The Hall–Kier alpha value is -2.37. The molecule has 1 N–H and O–H groups in total. The molecular weight excluding hydrogens is 356 g/mol. The maximum Gasteiger partial charge on any atom is 0.252 e. The molecular formula is C19H15ClN2O2S. The van der Waals surface area contributed by atoms with Crippen LogP contribution in [0.2, 0.25) is 5.02 Å². The van der Waals surface area contributed by atoms with Crippen molar-refractivity contribution in [1.82, 2.24) is 10.3 Å². The molecule has 1 aliphatic heterocycles. The zero-order valence-electron chi connectivity index (χ0n) is 13.2. The summed E-state index contributed by atoms with van der Waals surface area (Å²) in [5, 5.41) is 7.64. The summed E-state index contributed by atoms with van der Waals surface area (Å²) in [6, 6.07) is 9.59. The quantitative estimate of drug-likeness (QED) is 0.748. The molecule has 1 atom stereocenters. The van der Waals surface area contributed by atoms with E-state index in [1.807, 2.05) is 11.4 Å². The summed E-state index contributed by atoms with van der Waals surface area (Å²) in [5.41, 5.74) is 3.86. The predicted molar refractivity (Wildman–Crippen MR) is 99.5 cm³/mol. The highest BCUT2D eigenvalue weighted by molar-refractivity contribution is 7.08. The van der Waals surface area contributed by atoms with Gasteiger partial charge in [0.1, 0.15) is 11.9 Å². The zero-order chi connectivity index (χ0) is 17.2. The Morgan fingerprint density at radius 2 is 2.28 bits per heavy atom. The molecule has 4 nitrogen and oxygen atoms in total. The molecule has 1 amide bonds. The van der Waals surface area contributed by atoms with Gasteiger partial charge in [-0.25, -0.2) is 0 Å². The topological polar surface area (TPSA) is 51.2 Å². The van der Waals surface area contributed by atoms with Gasteiger partial charge in [0.2, 0.25) is 0 Å². The van der Waals surface area contributed by atoms with Gasteiger partial charge in [-0.1, -0.05) is 11.6 Å². The lowest BCUT2D eigenvalue weighted by atomic mass is 10.0. The molecule has 1 aliphatic rings. The first-order valence-corrected chi connectivity index (χ1v) is 9.22. The van der Waals surface area contributed by atoms with Crippen molar-refractivity contribution in [2.24, 2.45) is 0 Å². The summed E-state index contributed by atoms with van der Waals surface area (Å²) < 4.78 is 5.94. The molecule has 3 heterocycles. The van der Waals surface area contributed by atoms with Crippen molar-refractivity contribution in [1.29, 1.82) is 0 Å². The highest BCUT2D eigenvalue weighted by Crippen LogP contribution is 2.39. The number of thiophene rings is 1. The first-order chi connectivity index (χ1) is 12.2. The van der Waals surface area contributed by atoms with Gasteiger partial charge in [0, 0.05) is 24.4 Å². The smallest absolute Gasteiger partial charge is 0.252 e. The number of halogens is 1. The van der Waals surface area contributed by atoms with Crippen molar-refractivity contribution in [2.75, 3.05) is 6.54 Å². The van der Waals surface area contributed by atoms with Gasteiger partial charge in [-0.15, -0.1) is 0 Å². The first kappa shape index (κ1) is 16.1. The lowest BCUT2D eigenvalue weighted by Gasteiger charge is -2.12. The van der Waals surface area contributed by atoms with Crippen molar-refractivity contribution in [3.8, 4) is 16.9 Å². The third-order valence-corrected chi connectivity index (χ3v) is 5.09. The monoisotopic (exact) mass is 370 g/mol.